The zero-order valence-electron chi connectivity index (χ0n) is 11.7. The lowest BCUT2D eigenvalue weighted by molar-refractivity contribution is -0.118. The van der Waals surface area contributed by atoms with Gasteiger partial charge in [-0.05, 0) is 18.4 Å². The van der Waals surface area contributed by atoms with Crippen LogP contribution in [-0.2, 0) is 4.79 Å². The molecule has 0 saturated heterocycles. The first-order valence-corrected chi connectivity index (χ1v) is 6.23. The van der Waals surface area contributed by atoms with E-state index in [4.69, 9.17) is 20.9 Å². The lowest BCUT2D eigenvalue weighted by Gasteiger charge is -2.19. The number of hydrogen-bond donors (Lipinski definition) is 2. The van der Waals surface area contributed by atoms with Crippen molar-refractivity contribution < 1.29 is 14.3 Å². The van der Waals surface area contributed by atoms with Crippen molar-refractivity contribution in [3.8, 4) is 11.5 Å². The Balaban J connectivity index is 2.81. The average Bonchev–Trinajstić information content (AvgIpc) is 2.36. The minimum Gasteiger partial charge on any atom is -0.497 e. The van der Waals surface area contributed by atoms with E-state index < -0.39 is 0 Å². The molecule has 0 bridgehead atoms. The van der Waals surface area contributed by atoms with E-state index in [9.17, 15) is 4.79 Å². The molecular weight excluding hydrogens is 244 g/mol. The highest BCUT2D eigenvalue weighted by Crippen LogP contribution is 2.31. The van der Waals surface area contributed by atoms with Gasteiger partial charge >= 0.3 is 0 Å². The zero-order valence-corrected chi connectivity index (χ0v) is 11.7. The third-order valence-corrected chi connectivity index (χ3v) is 3.05. The summed E-state index contributed by atoms with van der Waals surface area (Å²) < 4.78 is 10.5. The maximum atomic E-state index is 10.9. The van der Waals surface area contributed by atoms with Crippen molar-refractivity contribution in [2.45, 2.75) is 25.8 Å². The quantitative estimate of drug-likeness (QED) is 0.784. The second kappa shape index (κ2) is 6.99. The molecule has 1 rings (SSSR count). The largest absolute Gasteiger partial charge is 0.497 e. The summed E-state index contributed by atoms with van der Waals surface area (Å²) in [6.45, 7) is 1.96. The van der Waals surface area contributed by atoms with E-state index in [2.05, 4.69) is 0 Å². The van der Waals surface area contributed by atoms with Crippen LogP contribution in [-0.4, -0.2) is 20.1 Å². The van der Waals surface area contributed by atoms with Gasteiger partial charge in [-0.3, -0.25) is 4.79 Å². The molecule has 0 aromatic heterocycles. The summed E-state index contributed by atoms with van der Waals surface area (Å²) >= 11 is 0. The van der Waals surface area contributed by atoms with E-state index in [1.807, 2.05) is 19.1 Å². The maximum Gasteiger partial charge on any atom is 0.217 e. The number of ether oxygens (including phenoxy) is 2. The van der Waals surface area contributed by atoms with Crippen LogP contribution in [0.25, 0.3) is 0 Å². The molecule has 0 spiro atoms. The van der Waals surface area contributed by atoms with E-state index in [0.717, 1.165) is 11.3 Å². The van der Waals surface area contributed by atoms with E-state index in [1.54, 1.807) is 20.3 Å². The van der Waals surface area contributed by atoms with Crippen molar-refractivity contribution in [3.05, 3.63) is 23.8 Å². The second-order valence-corrected chi connectivity index (χ2v) is 4.73. The smallest absolute Gasteiger partial charge is 0.217 e. The van der Waals surface area contributed by atoms with Gasteiger partial charge in [-0.2, -0.15) is 0 Å². The number of benzene rings is 1. The van der Waals surface area contributed by atoms with E-state index in [-0.39, 0.29) is 17.9 Å². The van der Waals surface area contributed by atoms with Gasteiger partial charge in [0, 0.05) is 24.1 Å². The van der Waals surface area contributed by atoms with Crippen LogP contribution < -0.4 is 20.9 Å². The van der Waals surface area contributed by atoms with Crippen LogP contribution in [0, 0.1) is 5.92 Å². The molecule has 0 fully saturated rings. The average molecular weight is 266 g/mol. The fourth-order valence-electron chi connectivity index (χ4n) is 2.11. The lowest BCUT2D eigenvalue weighted by atomic mass is 9.93. The maximum absolute atomic E-state index is 10.9. The molecule has 1 aromatic rings. The minimum absolute atomic E-state index is 0.138. The van der Waals surface area contributed by atoms with Gasteiger partial charge in [0.25, 0.3) is 0 Å². The Morgan fingerprint density at radius 3 is 2.53 bits per heavy atom. The Bertz CT molecular complexity index is 435. The number of nitrogens with two attached hydrogens (primary N) is 2. The van der Waals surface area contributed by atoms with E-state index in [0.29, 0.717) is 18.6 Å². The molecule has 0 aliphatic rings. The third kappa shape index (κ3) is 4.44. The van der Waals surface area contributed by atoms with Crippen LogP contribution in [0.2, 0.25) is 0 Å². The van der Waals surface area contributed by atoms with Crippen molar-refractivity contribution in [2.75, 3.05) is 14.2 Å². The molecular formula is C14H22N2O3. The number of primary amides is 1. The first kappa shape index (κ1) is 15.3. The lowest BCUT2D eigenvalue weighted by Crippen LogP contribution is -2.20. The molecule has 0 heterocycles. The molecule has 0 radical (unpaired) electrons. The highest BCUT2D eigenvalue weighted by atomic mass is 16.5. The molecule has 1 aromatic carbocycles. The number of methoxy groups -OCH3 is 2. The summed E-state index contributed by atoms with van der Waals surface area (Å²) in [6.07, 6.45) is 1.01. The number of carbonyl (C=O) groups is 1. The molecule has 106 valence electrons. The molecule has 0 saturated carbocycles. The molecule has 2 unspecified atom stereocenters. The Morgan fingerprint density at radius 2 is 2.00 bits per heavy atom. The summed E-state index contributed by atoms with van der Waals surface area (Å²) in [4.78, 5) is 10.9. The minimum atomic E-state index is -0.304. The topological polar surface area (TPSA) is 87.6 Å². The van der Waals surface area contributed by atoms with Gasteiger partial charge in [-0.1, -0.05) is 13.0 Å². The van der Waals surface area contributed by atoms with Gasteiger partial charge in [0.05, 0.1) is 14.2 Å². The Hall–Kier alpha value is -1.75. The Labute approximate surface area is 113 Å². The van der Waals surface area contributed by atoms with Crippen LogP contribution >= 0.6 is 0 Å². The molecule has 5 nitrogen and oxygen atoms in total. The van der Waals surface area contributed by atoms with Crippen LogP contribution in [0.1, 0.15) is 31.4 Å². The van der Waals surface area contributed by atoms with Gasteiger partial charge in [-0.25, -0.2) is 0 Å². The summed E-state index contributed by atoms with van der Waals surface area (Å²) in [5, 5.41) is 0. The predicted molar refractivity (Wildman–Crippen MR) is 74.1 cm³/mol. The normalized spacial score (nSPS) is 13.7. The monoisotopic (exact) mass is 266 g/mol. The molecule has 1 amide bonds. The van der Waals surface area contributed by atoms with Crippen molar-refractivity contribution >= 4 is 5.91 Å². The zero-order chi connectivity index (χ0) is 14.4. The van der Waals surface area contributed by atoms with E-state index in [1.165, 1.54) is 0 Å². The van der Waals surface area contributed by atoms with Gasteiger partial charge in [0.2, 0.25) is 5.91 Å². The predicted octanol–water partition coefficient (Wildman–Crippen LogP) is 1.61. The van der Waals surface area contributed by atoms with Gasteiger partial charge in [-0.15, -0.1) is 0 Å². The standard InChI is InChI=1S/C14H22N2O3/c1-9(7-14(16)17)6-12(15)11-5-4-10(18-2)8-13(11)19-3/h4-5,8-9,12H,6-7,15H2,1-3H3,(H2,16,17). The van der Waals surface area contributed by atoms with Crippen molar-refractivity contribution in [3.63, 3.8) is 0 Å². The highest BCUT2D eigenvalue weighted by Gasteiger charge is 2.17. The van der Waals surface area contributed by atoms with Gasteiger partial charge < -0.3 is 20.9 Å². The second-order valence-electron chi connectivity index (χ2n) is 4.73. The molecule has 2 atom stereocenters. The molecule has 0 aliphatic carbocycles. The first-order chi connectivity index (χ1) is 8.97. The number of hydrogen-bond acceptors (Lipinski definition) is 4. The first-order valence-electron chi connectivity index (χ1n) is 6.23. The highest BCUT2D eigenvalue weighted by molar-refractivity contribution is 5.73. The fourth-order valence-corrected chi connectivity index (χ4v) is 2.11. The summed E-state index contributed by atoms with van der Waals surface area (Å²) in [6, 6.07) is 5.33. The SMILES string of the molecule is COc1ccc(C(N)CC(C)CC(N)=O)c(OC)c1. The molecule has 19 heavy (non-hydrogen) atoms. The van der Waals surface area contributed by atoms with E-state index >= 15 is 0 Å². The van der Waals surface area contributed by atoms with Crippen molar-refractivity contribution in [1.29, 1.82) is 0 Å². The van der Waals surface area contributed by atoms with Crippen LogP contribution in [0.5, 0.6) is 11.5 Å². The molecule has 4 N–H and O–H groups in total. The fraction of sp³-hybridized carbons (Fsp3) is 0.500. The van der Waals surface area contributed by atoms with Crippen LogP contribution in [0.3, 0.4) is 0 Å². The van der Waals surface area contributed by atoms with Gasteiger partial charge in [0.1, 0.15) is 11.5 Å². The molecule has 0 aliphatic heterocycles. The molecule has 5 heteroatoms. The Kier molecular flexibility index (Phi) is 5.63. The summed E-state index contributed by atoms with van der Waals surface area (Å²) in [5.74, 6) is 1.25. The Morgan fingerprint density at radius 1 is 1.32 bits per heavy atom. The summed E-state index contributed by atoms with van der Waals surface area (Å²) in [5.41, 5.74) is 12.2. The van der Waals surface area contributed by atoms with Crippen molar-refractivity contribution in [2.24, 2.45) is 17.4 Å². The van der Waals surface area contributed by atoms with Crippen molar-refractivity contribution in [1.82, 2.24) is 0 Å². The third-order valence-electron chi connectivity index (χ3n) is 3.05. The number of rotatable bonds is 7. The number of amides is 1. The van der Waals surface area contributed by atoms with Crippen LogP contribution in [0.15, 0.2) is 18.2 Å². The van der Waals surface area contributed by atoms with Crippen LogP contribution in [0.4, 0.5) is 0 Å². The summed E-state index contributed by atoms with van der Waals surface area (Å²) in [7, 11) is 3.20. The number of carbonyl (C=O) groups excluding carboxylic acids is 1. The van der Waals surface area contributed by atoms with Gasteiger partial charge in [0.15, 0.2) is 0 Å².